The first-order valence-electron chi connectivity index (χ1n) is 7.55. The minimum Gasteiger partial charge on any atom is -0.479 e. The number of aromatic nitrogens is 4. The van der Waals surface area contributed by atoms with E-state index in [1.807, 2.05) is 31.3 Å². The quantitative estimate of drug-likeness (QED) is 0.775. The van der Waals surface area contributed by atoms with Crippen LogP contribution in [0.5, 0.6) is 5.88 Å². The average Bonchev–Trinajstić information content (AvgIpc) is 3.22. The molecule has 7 nitrogen and oxygen atoms in total. The summed E-state index contributed by atoms with van der Waals surface area (Å²) < 4.78 is 7.05. The molecule has 1 amide bonds. The minimum absolute atomic E-state index is 0.0565. The minimum atomic E-state index is 0.0565. The molecular formula is C16H17N5O2. The second-order valence-electron chi connectivity index (χ2n) is 5.81. The number of hydrogen-bond donors (Lipinski definition) is 2. The molecule has 0 saturated heterocycles. The van der Waals surface area contributed by atoms with Crippen LogP contribution in [0.4, 0.5) is 5.82 Å². The molecule has 0 radical (unpaired) electrons. The van der Waals surface area contributed by atoms with Gasteiger partial charge in [0.1, 0.15) is 0 Å². The summed E-state index contributed by atoms with van der Waals surface area (Å²) in [5.74, 6) is 1.36. The number of nitrogens with zero attached hydrogens (tertiary/aromatic N) is 3. The highest BCUT2D eigenvalue weighted by atomic mass is 16.5. The fourth-order valence-corrected chi connectivity index (χ4v) is 2.68. The summed E-state index contributed by atoms with van der Waals surface area (Å²) in [5.41, 5.74) is 3.75. The van der Waals surface area contributed by atoms with Crippen molar-refractivity contribution in [1.29, 1.82) is 0 Å². The van der Waals surface area contributed by atoms with Crippen LogP contribution in [-0.2, 0) is 4.79 Å². The van der Waals surface area contributed by atoms with Gasteiger partial charge in [0, 0.05) is 23.9 Å². The highest BCUT2D eigenvalue weighted by Crippen LogP contribution is 2.32. The third-order valence-electron chi connectivity index (χ3n) is 4.06. The predicted molar refractivity (Wildman–Crippen MR) is 85.4 cm³/mol. The zero-order valence-electron chi connectivity index (χ0n) is 13.0. The zero-order chi connectivity index (χ0) is 16.0. The maximum atomic E-state index is 11.8. The first kappa shape index (κ1) is 13.8. The summed E-state index contributed by atoms with van der Waals surface area (Å²) in [6, 6.07) is 5.82. The van der Waals surface area contributed by atoms with Crippen LogP contribution in [0.1, 0.15) is 18.5 Å². The van der Waals surface area contributed by atoms with Crippen molar-refractivity contribution in [2.24, 2.45) is 5.92 Å². The smallest absolute Gasteiger partial charge is 0.240 e. The van der Waals surface area contributed by atoms with Crippen LogP contribution in [0.2, 0.25) is 0 Å². The van der Waals surface area contributed by atoms with Gasteiger partial charge in [-0.1, -0.05) is 0 Å². The lowest BCUT2D eigenvalue weighted by molar-refractivity contribution is -0.117. The number of pyridine rings is 1. The van der Waals surface area contributed by atoms with Crippen LogP contribution in [0.3, 0.4) is 0 Å². The van der Waals surface area contributed by atoms with Crippen molar-refractivity contribution in [2.75, 3.05) is 12.4 Å². The molecule has 0 spiro atoms. The molecule has 4 rings (SSSR count). The number of methoxy groups -OCH3 is 1. The predicted octanol–water partition coefficient (Wildman–Crippen LogP) is 2.39. The van der Waals surface area contributed by atoms with E-state index in [4.69, 9.17) is 4.74 Å². The lowest BCUT2D eigenvalue weighted by Gasteiger charge is -2.03. The molecule has 1 aliphatic rings. The summed E-state index contributed by atoms with van der Waals surface area (Å²) in [6.07, 6.45) is 3.81. The highest BCUT2D eigenvalue weighted by molar-refractivity contribution is 5.93. The van der Waals surface area contributed by atoms with Crippen molar-refractivity contribution >= 4 is 17.2 Å². The van der Waals surface area contributed by atoms with Crippen molar-refractivity contribution in [3.05, 3.63) is 30.1 Å². The van der Waals surface area contributed by atoms with Crippen LogP contribution < -0.4 is 10.1 Å². The molecule has 1 fully saturated rings. The van der Waals surface area contributed by atoms with Gasteiger partial charge in [0.05, 0.1) is 18.2 Å². The van der Waals surface area contributed by atoms with Crippen molar-refractivity contribution < 1.29 is 9.53 Å². The lowest BCUT2D eigenvalue weighted by atomic mass is 10.1. The van der Waals surface area contributed by atoms with E-state index >= 15 is 0 Å². The molecule has 118 valence electrons. The first-order valence-corrected chi connectivity index (χ1v) is 7.55. The van der Waals surface area contributed by atoms with E-state index in [1.54, 1.807) is 11.6 Å². The molecule has 0 aromatic carbocycles. The van der Waals surface area contributed by atoms with Crippen LogP contribution in [-0.4, -0.2) is 32.8 Å². The van der Waals surface area contributed by atoms with E-state index in [1.165, 1.54) is 0 Å². The molecule has 2 N–H and O–H groups in total. The number of aromatic amines is 1. The van der Waals surface area contributed by atoms with Gasteiger partial charge in [-0.05, 0) is 37.5 Å². The molecule has 1 aliphatic carbocycles. The SMILES string of the molecule is COc1n[nH]c(C)c1-c1ccn2nc(NC(=O)C3CC3)cc2c1. The van der Waals surface area contributed by atoms with Gasteiger partial charge in [0.25, 0.3) is 0 Å². The second-order valence-corrected chi connectivity index (χ2v) is 5.81. The molecule has 7 heteroatoms. The molecule has 1 saturated carbocycles. The van der Waals surface area contributed by atoms with Gasteiger partial charge in [0.15, 0.2) is 5.82 Å². The fraction of sp³-hybridized carbons (Fsp3) is 0.312. The van der Waals surface area contributed by atoms with E-state index in [0.29, 0.717) is 11.7 Å². The van der Waals surface area contributed by atoms with Gasteiger partial charge in [-0.25, -0.2) is 4.52 Å². The number of nitrogens with one attached hydrogen (secondary N) is 2. The topological polar surface area (TPSA) is 84.3 Å². The molecule has 3 aromatic heterocycles. The Morgan fingerprint density at radius 3 is 3.00 bits per heavy atom. The molecular weight excluding hydrogens is 294 g/mol. The zero-order valence-corrected chi connectivity index (χ0v) is 13.0. The van der Waals surface area contributed by atoms with Crippen LogP contribution in [0.15, 0.2) is 24.4 Å². The Labute approximate surface area is 132 Å². The standard InChI is InChI=1S/C16H17N5O2/c1-9-14(16(23-2)19-18-9)11-5-6-21-12(7-11)8-13(20-21)17-15(22)10-3-4-10/h5-8,10H,3-4H2,1-2H3,(H,18,19)(H,17,20,22). The third kappa shape index (κ3) is 2.44. The van der Waals surface area contributed by atoms with Gasteiger partial charge in [-0.15, -0.1) is 5.10 Å². The summed E-state index contributed by atoms with van der Waals surface area (Å²) in [7, 11) is 1.60. The second kappa shape index (κ2) is 5.12. The number of carbonyl (C=O) groups excluding carboxylic acids is 1. The normalized spacial score (nSPS) is 14.2. The van der Waals surface area contributed by atoms with Crippen molar-refractivity contribution in [3.63, 3.8) is 0 Å². The maximum Gasteiger partial charge on any atom is 0.240 e. The Balaban J connectivity index is 1.70. The number of H-pyrrole nitrogens is 1. The van der Waals surface area contributed by atoms with E-state index in [-0.39, 0.29) is 11.8 Å². The number of amides is 1. The summed E-state index contributed by atoms with van der Waals surface area (Å²) in [5, 5.41) is 14.3. The van der Waals surface area contributed by atoms with Crippen molar-refractivity contribution in [2.45, 2.75) is 19.8 Å². The number of rotatable bonds is 4. The number of hydrogen-bond acceptors (Lipinski definition) is 4. The van der Waals surface area contributed by atoms with Gasteiger partial charge in [0.2, 0.25) is 11.8 Å². The average molecular weight is 311 g/mol. The molecule has 0 bridgehead atoms. The van der Waals surface area contributed by atoms with E-state index in [0.717, 1.165) is 35.2 Å². The van der Waals surface area contributed by atoms with Gasteiger partial charge >= 0.3 is 0 Å². The van der Waals surface area contributed by atoms with E-state index in [9.17, 15) is 4.79 Å². The molecule has 0 atom stereocenters. The van der Waals surface area contributed by atoms with Crippen LogP contribution >= 0.6 is 0 Å². The number of carbonyl (C=O) groups is 1. The molecule has 3 heterocycles. The Kier molecular flexibility index (Phi) is 3.07. The largest absolute Gasteiger partial charge is 0.479 e. The lowest BCUT2D eigenvalue weighted by Crippen LogP contribution is -2.13. The number of ether oxygens (including phenoxy) is 1. The van der Waals surface area contributed by atoms with E-state index < -0.39 is 0 Å². The number of fused-ring (bicyclic) bond motifs is 1. The molecule has 0 aliphatic heterocycles. The Morgan fingerprint density at radius 1 is 1.43 bits per heavy atom. The van der Waals surface area contributed by atoms with Crippen molar-refractivity contribution in [1.82, 2.24) is 19.8 Å². The van der Waals surface area contributed by atoms with Gasteiger partial charge in [-0.2, -0.15) is 5.10 Å². The Morgan fingerprint density at radius 2 is 2.26 bits per heavy atom. The Hall–Kier alpha value is -2.83. The van der Waals surface area contributed by atoms with E-state index in [2.05, 4.69) is 20.6 Å². The third-order valence-corrected chi connectivity index (χ3v) is 4.06. The Bertz CT molecular complexity index is 891. The number of aryl methyl sites for hydroxylation is 1. The molecule has 0 unspecified atom stereocenters. The summed E-state index contributed by atoms with van der Waals surface area (Å²) in [4.78, 5) is 11.8. The van der Waals surface area contributed by atoms with Gasteiger partial charge < -0.3 is 10.1 Å². The molecule has 23 heavy (non-hydrogen) atoms. The van der Waals surface area contributed by atoms with Crippen LogP contribution in [0, 0.1) is 12.8 Å². The van der Waals surface area contributed by atoms with Gasteiger partial charge in [-0.3, -0.25) is 9.89 Å². The summed E-state index contributed by atoms with van der Waals surface area (Å²) in [6.45, 7) is 1.95. The molecule has 3 aromatic rings. The highest BCUT2D eigenvalue weighted by Gasteiger charge is 2.30. The number of anilines is 1. The fourth-order valence-electron chi connectivity index (χ4n) is 2.68. The summed E-state index contributed by atoms with van der Waals surface area (Å²) >= 11 is 0. The first-order chi connectivity index (χ1) is 11.2. The maximum absolute atomic E-state index is 11.8. The van der Waals surface area contributed by atoms with Crippen LogP contribution in [0.25, 0.3) is 16.6 Å². The van der Waals surface area contributed by atoms with Crippen molar-refractivity contribution in [3.8, 4) is 17.0 Å². The monoisotopic (exact) mass is 311 g/mol.